The van der Waals surface area contributed by atoms with Crippen LogP contribution in [-0.4, -0.2) is 37.4 Å². The Labute approximate surface area is 224 Å². The van der Waals surface area contributed by atoms with Gasteiger partial charge in [0.05, 0.1) is 25.1 Å². The molecule has 1 heterocycles. The van der Waals surface area contributed by atoms with Crippen LogP contribution in [0.3, 0.4) is 0 Å². The summed E-state index contributed by atoms with van der Waals surface area (Å²) in [5.41, 5.74) is 2.80. The minimum atomic E-state index is -3.59. The molecule has 8 nitrogen and oxygen atoms in total. The van der Waals surface area contributed by atoms with Crippen LogP contribution in [0.1, 0.15) is 28.4 Å². The highest BCUT2D eigenvalue weighted by Gasteiger charge is 2.21. The van der Waals surface area contributed by atoms with Gasteiger partial charge in [0.15, 0.2) is 4.34 Å². The Balaban J connectivity index is 1.40. The molecule has 3 aromatic carbocycles. The highest BCUT2D eigenvalue weighted by atomic mass is 32.2. The first-order chi connectivity index (χ1) is 17.8. The van der Waals surface area contributed by atoms with Crippen molar-refractivity contribution in [3.63, 3.8) is 0 Å². The number of amides is 1. The van der Waals surface area contributed by atoms with Crippen LogP contribution in [0, 0.1) is 0 Å². The van der Waals surface area contributed by atoms with E-state index in [2.05, 4.69) is 15.5 Å². The number of sulfonamides is 1. The lowest BCUT2D eigenvalue weighted by Crippen LogP contribution is -2.29. The fraction of sp³-hybridized carbons (Fsp3) is 0.192. The van der Waals surface area contributed by atoms with E-state index in [1.165, 1.54) is 21.2 Å². The topological polar surface area (TPSA) is 101 Å². The van der Waals surface area contributed by atoms with Gasteiger partial charge in [0, 0.05) is 11.3 Å². The standard InChI is InChI=1S/C26H26N4O4S3/c1-3-34-23-12-8-7-11-22(23)30(37(2,32)33)17-19-13-15-21(16-14-19)24(31)27-25-28-29-26(36-25)35-18-20-9-5-4-6-10-20/h4-16H,3,17-18H2,1-2H3,(H,27,28,31). The molecule has 11 heteroatoms. The summed E-state index contributed by atoms with van der Waals surface area (Å²) in [6.07, 6.45) is 1.16. The van der Waals surface area contributed by atoms with Crippen LogP contribution in [0.5, 0.6) is 5.75 Å². The molecule has 0 saturated heterocycles. The molecule has 37 heavy (non-hydrogen) atoms. The van der Waals surface area contributed by atoms with Crippen LogP contribution in [0.4, 0.5) is 10.8 Å². The van der Waals surface area contributed by atoms with Crippen molar-refractivity contribution in [3.8, 4) is 5.75 Å². The van der Waals surface area contributed by atoms with Gasteiger partial charge in [0.2, 0.25) is 15.2 Å². The van der Waals surface area contributed by atoms with Gasteiger partial charge < -0.3 is 4.74 Å². The maximum Gasteiger partial charge on any atom is 0.257 e. The fourth-order valence-corrected chi connectivity index (χ4v) is 6.05. The lowest BCUT2D eigenvalue weighted by Gasteiger charge is -2.24. The van der Waals surface area contributed by atoms with E-state index in [1.54, 1.807) is 60.3 Å². The Hall–Kier alpha value is -3.41. The van der Waals surface area contributed by atoms with Crippen LogP contribution >= 0.6 is 23.1 Å². The number of rotatable bonds is 11. The highest BCUT2D eigenvalue weighted by molar-refractivity contribution is 8.00. The van der Waals surface area contributed by atoms with Gasteiger partial charge in [-0.25, -0.2) is 8.42 Å². The van der Waals surface area contributed by atoms with Gasteiger partial charge in [0.25, 0.3) is 5.91 Å². The number of thioether (sulfide) groups is 1. The number of hydrogen-bond donors (Lipinski definition) is 1. The fourth-order valence-electron chi connectivity index (χ4n) is 3.46. The molecule has 0 bridgehead atoms. The van der Waals surface area contributed by atoms with Crippen molar-refractivity contribution < 1.29 is 17.9 Å². The zero-order chi connectivity index (χ0) is 26.3. The SMILES string of the molecule is CCOc1ccccc1N(Cc1ccc(C(=O)Nc2nnc(SCc3ccccc3)s2)cc1)S(C)(=O)=O. The third kappa shape index (κ3) is 7.31. The maximum absolute atomic E-state index is 12.7. The number of hydrogen-bond acceptors (Lipinski definition) is 8. The Morgan fingerprint density at radius 2 is 1.68 bits per heavy atom. The molecule has 1 amide bonds. The number of carbonyl (C=O) groups is 1. The van der Waals surface area contributed by atoms with E-state index in [0.717, 1.165) is 21.9 Å². The number of benzene rings is 3. The van der Waals surface area contributed by atoms with Crippen LogP contribution in [-0.2, 0) is 22.3 Å². The largest absolute Gasteiger partial charge is 0.492 e. The first-order valence-electron chi connectivity index (χ1n) is 11.4. The maximum atomic E-state index is 12.7. The van der Waals surface area contributed by atoms with E-state index >= 15 is 0 Å². The molecule has 4 aromatic rings. The Morgan fingerprint density at radius 1 is 0.973 bits per heavy atom. The Morgan fingerprint density at radius 3 is 2.38 bits per heavy atom. The molecule has 1 N–H and O–H groups in total. The van der Waals surface area contributed by atoms with Crippen LogP contribution < -0.4 is 14.4 Å². The number of nitrogens with zero attached hydrogens (tertiary/aromatic N) is 3. The third-order valence-corrected chi connectivity index (χ3v) is 8.38. The van der Waals surface area contributed by atoms with Crippen molar-refractivity contribution in [3.05, 3.63) is 95.6 Å². The van der Waals surface area contributed by atoms with Crippen molar-refractivity contribution in [1.82, 2.24) is 10.2 Å². The van der Waals surface area contributed by atoms with Gasteiger partial charge in [-0.15, -0.1) is 10.2 Å². The summed E-state index contributed by atoms with van der Waals surface area (Å²) >= 11 is 2.88. The molecule has 1 aromatic heterocycles. The molecule has 0 atom stereocenters. The van der Waals surface area contributed by atoms with Crippen LogP contribution in [0.15, 0.2) is 83.2 Å². The Kier molecular flexibility index (Phi) is 8.80. The van der Waals surface area contributed by atoms with Crippen molar-refractivity contribution in [2.45, 2.75) is 23.6 Å². The Bertz CT molecular complexity index is 1440. The highest BCUT2D eigenvalue weighted by Crippen LogP contribution is 2.31. The first kappa shape index (κ1) is 26.6. The zero-order valence-electron chi connectivity index (χ0n) is 20.3. The van der Waals surface area contributed by atoms with E-state index in [9.17, 15) is 13.2 Å². The molecule has 0 saturated carbocycles. The van der Waals surface area contributed by atoms with Crippen molar-refractivity contribution in [1.29, 1.82) is 0 Å². The molecule has 0 unspecified atom stereocenters. The van der Waals surface area contributed by atoms with Gasteiger partial charge in [-0.1, -0.05) is 77.7 Å². The molecule has 0 aliphatic heterocycles. The molecule has 192 valence electrons. The number of carbonyl (C=O) groups excluding carboxylic acids is 1. The summed E-state index contributed by atoms with van der Waals surface area (Å²) in [7, 11) is -3.59. The molecule has 0 fully saturated rings. The average molecular weight is 555 g/mol. The van der Waals surface area contributed by atoms with Crippen LogP contribution in [0.2, 0.25) is 0 Å². The van der Waals surface area contributed by atoms with Gasteiger partial charge >= 0.3 is 0 Å². The molecular weight excluding hydrogens is 529 g/mol. The average Bonchev–Trinajstić information content (AvgIpc) is 3.34. The second-order valence-corrected chi connectivity index (χ2v) is 12.1. The summed E-state index contributed by atoms with van der Waals surface area (Å²) < 4.78 is 32.9. The quantitative estimate of drug-likeness (QED) is 0.194. The first-order valence-corrected chi connectivity index (χ1v) is 15.1. The van der Waals surface area contributed by atoms with E-state index in [1.807, 2.05) is 37.3 Å². The van der Waals surface area contributed by atoms with E-state index in [0.29, 0.717) is 28.7 Å². The van der Waals surface area contributed by atoms with Crippen molar-refractivity contribution >= 4 is 49.8 Å². The summed E-state index contributed by atoms with van der Waals surface area (Å²) in [5.74, 6) is 0.943. The lowest BCUT2D eigenvalue weighted by atomic mass is 10.1. The molecule has 0 radical (unpaired) electrons. The van der Waals surface area contributed by atoms with Gasteiger partial charge in [-0.2, -0.15) is 0 Å². The summed E-state index contributed by atoms with van der Waals surface area (Å²) in [6.45, 7) is 2.36. The van der Waals surface area contributed by atoms with Crippen LogP contribution in [0.25, 0.3) is 0 Å². The number of aromatic nitrogens is 2. The summed E-state index contributed by atoms with van der Waals surface area (Å²) in [5, 5.41) is 11.4. The smallest absolute Gasteiger partial charge is 0.257 e. The molecular formula is C26H26N4O4S3. The molecule has 0 aliphatic carbocycles. The number of nitrogens with one attached hydrogen (secondary N) is 1. The lowest BCUT2D eigenvalue weighted by molar-refractivity contribution is 0.102. The van der Waals surface area contributed by atoms with E-state index in [4.69, 9.17) is 4.74 Å². The third-order valence-electron chi connectivity index (χ3n) is 5.21. The van der Waals surface area contributed by atoms with Crippen molar-refractivity contribution in [2.24, 2.45) is 0 Å². The molecule has 4 rings (SSSR count). The zero-order valence-corrected chi connectivity index (χ0v) is 22.8. The second-order valence-electron chi connectivity index (χ2n) is 7.97. The number of ether oxygens (including phenoxy) is 1. The second kappa shape index (κ2) is 12.2. The van der Waals surface area contributed by atoms with E-state index in [-0.39, 0.29) is 12.5 Å². The minimum Gasteiger partial charge on any atom is -0.492 e. The predicted molar refractivity (Wildman–Crippen MR) is 149 cm³/mol. The predicted octanol–water partition coefficient (Wildman–Crippen LogP) is 5.45. The van der Waals surface area contributed by atoms with Gasteiger partial charge in [-0.05, 0) is 42.3 Å². The van der Waals surface area contributed by atoms with E-state index < -0.39 is 10.0 Å². The number of anilines is 2. The van der Waals surface area contributed by atoms with Gasteiger partial charge in [-0.3, -0.25) is 14.4 Å². The monoisotopic (exact) mass is 554 g/mol. The summed E-state index contributed by atoms with van der Waals surface area (Å²) in [4.78, 5) is 12.7. The summed E-state index contributed by atoms with van der Waals surface area (Å²) in [6, 6.07) is 23.9. The number of para-hydroxylation sites is 2. The van der Waals surface area contributed by atoms with Crippen molar-refractivity contribution in [2.75, 3.05) is 22.5 Å². The molecule has 0 spiro atoms. The minimum absolute atomic E-state index is 0.100. The molecule has 0 aliphatic rings. The van der Waals surface area contributed by atoms with Gasteiger partial charge in [0.1, 0.15) is 5.75 Å². The normalized spacial score (nSPS) is 11.2.